The topological polar surface area (TPSA) is 74.6 Å². The van der Waals surface area contributed by atoms with Crippen molar-refractivity contribution in [2.75, 3.05) is 12.3 Å². The van der Waals surface area contributed by atoms with Crippen LogP contribution in [-0.4, -0.2) is 34.5 Å². The molecule has 0 spiro atoms. The number of benzene rings is 4. The minimum Gasteiger partial charge on any atom is -0.481 e. The Bertz CT molecular complexity index is 987. The molecule has 0 aliphatic heterocycles. The van der Waals surface area contributed by atoms with Crippen LogP contribution in [0.4, 0.5) is 0 Å². The smallest absolute Gasteiger partial charge is 0.308 e. The van der Waals surface area contributed by atoms with E-state index >= 15 is 0 Å². The van der Waals surface area contributed by atoms with Crippen LogP contribution in [0.3, 0.4) is 0 Å². The van der Waals surface area contributed by atoms with Gasteiger partial charge in [0.1, 0.15) is 0 Å². The summed E-state index contributed by atoms with van der Waals surface area (Å²) < 4.78 is 0. The van der Waals surface area contributed by atoms with Gasteiger partial charge in [-0.15, -0.1) is 0 Å². The van der Waals surface area contributed by atoms with Crippen LogP contribution in [-0.2, 0) is 30.0 Å². The molecule has 0 heterocycles. The molecule has 0 unspecified atom stereocenters. The van der Waals surface area contributed by atoms with E-state index in [4.69, 9.17) is 10.2 Å². The molecule has 0 saturated carbocycles. The second kappa shape index (κ2) is 15.4. The Hall–Kier alpha value is -2.66. The van der Waals surface area contributed by atoms with Gasteiger partial charge in [-0.05, 0) is 37.1 Å². The first-order valence-corrected chi connectivity index (χ1v) is 13.8. The van der Waals surface area contributed by atoms with Crippen LogP contribution in [0.5, 0.6) is 0 Å². The van der Waals surface area contributed by atoms with E-state index in [1.807, 2.05) is 121 Å². The number of rotatable bonds is 8. The number of carboxylic acid groups (broad SMARTS) is 2. The van der Waals surface area contributed by atoms with E-state index < -0.39 is 27.8 Å². The van der Waals surface area contributed by atoms with E-state index in [1.165, 1.54) is 0 Å². The predicted octanol–water partition coefficient (Wildman–Crippen LogP) is 4.41. The number of carboxylic acids is 2. The fraction of sp³-hybridized carbons (Fsp3) is 0.0714. The standard InChI is InChI=1S/2C14H13O2P.Pd/c2*15-14(16)11-17(12-7-3-1-4-8-12)13-9-5-2-6-10-13;/h2*1-10H,11H2,(H,15,16);. The molecule has 0 amide bonds. The van der Waals surface area contributed by atoms with E-state index in [9.17, 15) is 9.59 Å². The largest absolute Gasteiger partial charge is 0.481 e. The van der Waals surface area contributed by atoms with E-state index in [2.05, 4.69) is 0 Å². The summed E-state index contributed by atoms with van der Waals surface area (Å²) in [6, 6.07) is 39.4. The molecule has 2 N–H and O–H groups in total. The number of aliphatic carboxylic acids is 2. The van der Waals surface area contributed by atoms with Gasteiger partial charge in [0.25, 0.3) is 0 Å². The molecule has 4 rings (SSSR count). The van der Waals surface area contributed by atoms with E-state index in [0.717, 1.165) is 21.2 Å². The third-order valence-corrected chi connectivity index (χ3v) is 9.72. The van der Waals surface area contributed by atoms with Crippen molar-refractivity contribution < 1.29 is 40.2 Å². The van der Waals surface area contributed by atoms with Crippen LogP contribution in [0.15, 0.2) is 121 Å². The zero-order valence-corrected chi connectivity index (χ0v) is 22.2. The van der Waals surface area contributed by atoms with Crippen molar-refractivity contribution in [1.82, 2.24) is 0 Å². The van der Waals surface area contributed by atoms with Gasteiger partial charge in [0.2, 0.25) is 0 Å². The molecule has 0 saturated heterocycles. The van der Waals surface area contributed by atoms with Gasteiger partial charge in [-0.2, -0.15) is 0 Å². The van der Waals surface area contributed by atoms with Crippen LogP contribution >= 0.6 is 15.8 Å². The van der Waals surface area contributed by atoms with E-state index in [-0.39, 0.29) is 32.7 Å². The van der Waals surface area contributed by atoms with Crippen molar-refractivity contribution in [2.45, 2.75) is 0 Å². The predicted molar refractivity (Wildman–Crippen MR) is 143 cm³/mol. The Morgan fingerprint density at radius 2 is 0.657 bits per heavy atom. The van der Waals surface area contributed by atoms with Crippen LogP contribution in [0.25, 0.3) is 0 Å². The van der Waals surface area contributed by atoms with Crippen molar-refractivity contribution in [2.24, 2.45) is 0 Å². The Kier molecular flexibility index (Phi) is 12.5. The molecule has 35 heavy (non-hydrogen) atoms. The van der Waals surface area contributed by atoms with E-state index in [1.54, 1.807) is 0 Å². The van der Waals surface area contributed by atoms with Gasteiger partial charge in [0, 0.05) is 20.4 Å². The minimum absolute atomic E-state index is 0. The van der Waals surface area contributed by atoms with Crippen molar-refractivity contribution in [3.05, 3.63) is 121 Å². The van der Waals surface area contributed by atoms with Crippen LogP contribution in [0.2, 0.25) is 0 Å². The van der Waals surface area contributed by atoms with Gasteiger partial charge in [-0.1, -0.05) is 121 Å². The third-order valence-electron chi connectivity index (χ3n) is 4.86. The van der Waals surface area contributed by atoms with E-state index in [0.29, 0.717) is 0 Å². The molecule has 4 aromatic carbocycles. The quantitative estimate of drug-likeness (QED) is 0.234. The maximum atomic E-state index is 11.0. The molecule has 0 bridgehead atoms. The first kappa shape index (κ1) is 28.6. The average molecular weight is 595 g/mol. The van der Waals surface area contributed by atoms with Crippen molar-refractivity contribution in [1.29, 1.82) is 0 Å². The molecule has 182 valence electrons. The Morgan fingerprint density at radius 1 is 0.457 bits per heavy atom. The summed E-state index contributed by atoms with van der Waals surface area (Å²) in [5.74, 6) is -1.49. The van der Waals surface area contributed by atoms with Gasteiger partial charge in [0.05, 0.1) is 12.3 Å². The third kappa shape index (κ3) is 9.48. The van der Waals surface area contributed by atoms with Gasteiger partial charge in [0.15, 0.2) is 0 Å². The zero-order valence-electron chi connectivity index (χ0n) is 18.9. The van der Waals surface area contributed by atoms with Crippen molar-refractivity contribution in [3.63, 3.8) is 0 Å². The number of hydrogen-bond donors (Lipinski definition) is 2. The number of hydrogen-bond acceptors (Lipinski definition) is 2. The zero-order chi connectivity index (χ0) is 24.2. The molecule has 0 atom stereocenters. The Morgan fingerprint density at radius 3 is 0.829 bits per heavy atom. The summed E-state index contributed by atoms with van der Waals surface area (Å²) >= 11 is 0. The summed E-state index contributed by atoms with van der Waals surface area (Å²) in [7, 11) is -1.58. The van der Waals surface area contributed by atoms with Crippen LogP contribution in [0.1, 0.15) is 0 Å². The van der Waals surface area contributed by atoms with Gasteiger partial charge >= 0.3 is 11.9 Å². The fourth-order valence-corrected chi connectivity index (χ4v) is 7.36. The van der Waals surface area contributed by atoms with Gasteiger partial charge in [-0.3, -0.25) is 9.59 Å². The van der Waals surface area contributed by atoms with Crippen molar-refractivity contribution >= 4 is 49.0 Å². The molecule has 0 aromatic heterocycles. The molecule has 4 nitrogen and oxygen atoms in total. The Labute approximate surface area is 222 Å². The molecule has 7 heteroatoms. The van der Waals surface area contributed by atoms with Gasteiger partial charge < -0.3 is 10.2 Å². The molecule has 4 aromatic rings. The second-order valence-electron chi connectivity index (χ2n) is 7.30. The first-order chi connectivity index (χ1) is 16.5. The maximum Gasteiger partial charge on any atom is 0.308 e. The molecule has 0 aliphatic rings. The summed E-state index contributed by atoms with van der Waals surface area (Å²) in [5, 5.41) is 22.5. The van der Waals surface area contributed by atoms with Crippen LogP contribution < -0.4 is 21.2 Å². The fourth-order valence-electron chi connectivity index (χ4n) is 3.37. The summed E-state index contributed by atoms with van der Waals surface area (Å²) in [6.45, 7) is 0. The summed E-state index contributed by atoms with van der Waals surface area (Å²) in [6.07, 6.45) is 0.368. The molecule has 0 radical (unpaired) electrons. The van der Waals surface area contributed by atoms with Gasteiger partial charge in [-0.25, -0.2) is 0 Å². The van der Waals surface area contributed by atoms with Crippen LogP contribution in [0, 0.1) is 0 Å². The summed E-state index contributed by atoms with van der Waals surface area (Å²) in [5.41, 5.74) is 0. The maximum absolute atomic E-state index is 11.0. The minimum atomic E-state index is -0.790. The normalized spacial score (nSPS) is 10.1. The monoisotopic (exact) mass is 594 g/mol. The number of carbonyl (C=O) groups is 2. The van der Waals surface area contributed by atoms with Crippen molar-refractivity contribution in [3.8, 4) is 0 Å². The average Bonchev–Trinajstić information content (AvgIpc) is 2.88. The molecular formula is C28H26O4P2Pd. The SMILES string of the molecule is O=C(O)CP(c1ccccc1)c1ccccc1.O=C(O)CP(c1ccccc1)c1ccccc1.[Pd]. The summed E-state index contributed by atoms with van der Waals surface area (Å²) in [4.78, 5) is 21.9. The molecule has 0 aliphatic carbocycles. The molecule has 0 fully saturated rings. The Balaban J connectivity index is 0.000000240. The second-order valence-corrected chi connectivity index (χ2v) is 11.7. The molecular weight excluding hydrogens is 569 g/mol. The first-order valence-electron chi connectivity index (χ1n) is 10.7.